The molecule has 1 heterocycles. The van der Waals surface area contributed by atoms with Crippen LogP contribution in [0, 0.1) is 11.0 Å². The molecular formula is C23H23FN2O4S2. The van der Waals surface area contributed by atoms with Gasteiger partial charge in [-0.05, 0) is 67.2 Å². The highest BCUT2D eigenvalue weighted by Crippen LogP contribution is 2.46. The van der Waals surface area contributed by atoms with Gasteiger partial charge in [-0.1, -0.05) is 23.5 Å². The highest BCUT2D eigenvalue weighted by atomic mass is 32.2. The number of carbonyl (C=O) groups excluding carboxylic acids is 2. The van der Waals surface area contributed by atoms with E-state index in [0.717, 1.165) is 35.9 Å². The van der Waals surface area contributed by atoms with E-state index in [1.807, 2.05) is 6.07 Å². The van der Waals surface area contributed by atoms with Gasteiger partial charge >= 0.3 is 0 Å². The Morgan fingerprint density at radius 1 is 1.19 bits per heavy atom. The third kappa shape index (κ3) is 4.41. The Morgan fingerprint density at radius 2 is 1.97 bits per heavy atom. The normalized spacial score (nSPS) is 21.7. The molecule has 0 spiro atoms. The molecule has 3 aliphatic carbocycles. The lowest BCUT2D eigenvalue weighted by atomic mass is 9.96. The topological polar surface area (TPSA) is 93.2 Å². The van der Waals surface area contributed by atoms with E-state index < -0.39 is 20.9 Å². The number of Topliss-reactive ketones (excluding diaryl/α,β-unsaturated/α-hetero) is 1. The van der Waals surface area contributed by atoms with Gasteiger partial charge in [0.15, 0.2) is 20.1 Å². The largest absolute Gasteiger partial charge is 0.300 e. The summed E-state index contributed by atoms with van der Waals surface area (Å²) in [5.74, 6) is -0.157. The van der Waals surface area contributed by atoms with E-state index in [4.69, 9.17) is 0 Å². The van der Waals surface area contributed by atoms with E-state index in [0.29, 0.717) is 48.1 Å². The second-order valence-corrected chi connectivity index (χ2v) is 12.0. The van der Waals surface area contributed by atoms with Crippen molar-refractivity contribution in [2.75, 3.05) is 5.32 Å². The molecule has 3 fully saturated rings. The van der Waals surface area contributed by atoms with Crippen LogP contribution in [-0.2, 0) is 19.4 Å². The van der Waals surface area contributed by atoms with Gasteiger partial charge in [0.25, 0.3) is 5.91 Å². The van der Waals surface area contributed by atoms with Gasteiger partial charge < -0.3 is 0 Å². The van der Waals surface area contributed by atoms with Crippen LogP contribution in [0.15, 0.2) is 35.4 Å². The summed E-state index contributed by atoms with van der Waals surface area (Å²) in [5.41, 5.74) is 1.74. The summed E-state index contributed by atoms with van der Waals surface area (Å²) in [6.07, 6.45) is 7.63. The van der Waals surface area contributed by atoms with Crippen LogP contribution in [0.4, 0.5) is 9.52 Å². The van der Waals surface area contributed by atoms with Gasteiger partial charge in [0.1, 0.15) is 5.78 Å². The summed E-state index contributed by atoms with van der Waals surface area (Å²) in [5, 5.41) is 1.99. The van der Waals surface area contributed by atoms with E-state index in [1.165, 1.54) is 0 Å². The second kappa shape index (κ2) is 8.19. The third-order valence-corrected chi connectivity index (χ3v) is 9.27. The number of nitrogens with one attached hydrogen (secondary N) is 1. The zero-order valence-corrected chi connectivity index (χ0v) is 19.0. The van der Waals surface area contributed by atoms with Gasteiger partial charge in [-0.15, -0.1) is 0 Å². The number of benzene rings is 1. The standard InChI is InChI=1S/C23H23FN2O4S2/c24-21-12-25-23(31-21)26-22(28)19(10-13-1-5-16(27)9-13)15-4-8-20(18(11-15)14-2-3-14)32(29,30)17-6-7-17/h4,8,10-14,17H,1-3,5-7,9H2,(H,25,26,28)/t13-/m0/s1. The maximum absolute atomic E-state index is 13.3. The van der Waals surface area contributed by atoms with Gasteiger partial charge in [-0.3, -0.25) is 14.9 Å². The van der Waals surface area contributed by atoms with Crippen LogP contribution >= 0.6 is 11.3 Å². The minimum atomic E-state index is -3.35. The molecule has 1 aromatic heterocycles. The lowest BCUT2D eigenvalue weighted by molar-refractivity contribution is -0.117. The second-order valence-electron chi connectivity index (χ2n) is 8.82. The summed E-state index contributed by atoms with van der Waals surface area (Å²) >= 11 is 0.735. The molecule has 5 rings (SSSR count). The van der Waals surface area contributed by atoms with Crippen LogP contribution < -0.4 is 5.32 Å². The molecule has 1 atom stereocenters. The summed E-state index contributed by atoms with van der Waals surface area (Å²) in [7, 11) is -3.35. The molecule has 1 aromatic carbocycles. The van der Waals surface area contributed by atoms with Crippen molar-refractivity contribution >= 4 is 43.6 Å². The van der Waals surface area contributed by atoms with Crippen molar-refractivity contribution in [3.63, 3.8) is 0 Å². The van der Waals surface area contributed by atoms with E-state index in [1.54, 1.807) is 18.2 Å². The van der Waals surface area contributed by atoms with Crippen LogP contribution in [0.25, 0.3) is 5.57 Å². The predicted molar refractivity (Wildman–Crippen MR) is 120 cm³/mol. The molecular weight excluding hydrogens is 451 g/mol. The number of allylic oxidation sites excluding steroid dienone is 1. The first kappa shape index (κ1) is 21.5. The number of thiazole rings is 1. The smallest absolute Gasteiger partial charge is 0.257 e. The Hall–Kier alpha value is -2.39. The van der Waals surface area contributed by atoms with Gasteiger partial charge in [0.05, 0.1) is 16.3 Å². The number of anilines is 1. The molecule has 3 saturated carbocycles. The lowest BCUT2D eigenvalue weighted by Gasteiger charge is -2.15. The molecule has 0 aliphatic heterocycles. The summed E-state index contributed by atoms with van der Waals surface area (Å²) < 4.78 is 39.2. The van der Waals surface area contributed by atoms with Crippen molar-refractivity contribution < 1.29 is 22.4 Å². The maximum atomic E-state index is 13.3. The number of hydrogen-bond acceptors (Lipinski definition) is 6. The molecule has 2 aromatic rings. The number of nitrogens with zero attached hydrogens (tertiary/aromatic N) is 1. The fourth-order valence-corrected chi connectivity index (χ4v) is 6.71. The summed E-state index contributed by atoms with van der Waals surface area (Å²) in [6.45, 7) is 0. The highest BCUT2D eigenvalue weighted by molar-refractivity contribution is 7.92. The van der Waals surface area contributed by atoms with Crippen molar-refractivity contribution in [2.24, 2.45) is 5.92 Å². The van der Waals surface area contributed by atoms with Gasteiger partial charge in [-0.25, -0.2) is 13.4 Å². The van der Waals surface area contributed by atoms with E-state index in [2.05, 4.69) is 10.3 Å². The number of amides is 1. The third-order valence-electron chi connectivity index (χ3n) is 6.24. The van der Waals surface area contributed by atoms with Crippen molar-refractivity contribution in [3.05, 3.63) is 46.7 Å². The van der Waals surface area contributed by atoms with Gasteiger partial charge in [0.2, 0.25) is 0 Å². The molecule has 9 heteroatoms. The number of ketones is 1. The first-order valence-corrected chi connectivity index (χ1v) is 13.2. The maximum Gasteiger partial charge on any atom is 0.257 e. The van der Waals surface area contributed by atoms with Crippen molar-refractivity contribution in [1.29, 1.82) is 0 Å². The van der Waals surface area contributed by atoms with Crippen LogP contribution in [0.1, 0.15) is 62.0 Å². The van der Waals surface area contributed by atoms with Crippen LogP contribution in [0.5, 0.6) is 0 Å². The van der Waals surface area contributed by atoms with E-state index >= 15 is 0 Å². The molecule has 32 heavy (non-hydrogen) atoms. The summed E-state index contributed by atoms with van der Waals surface area (Å²) in [6, 6.07) is 5.12. The Bertz CT molecular complexity index is 1230. The quantitative estimate of drug-likeness (QED) is 0.597. The predicted octanol–water partition coefficient (Wildman–Crippen LogP) is 4.49. The number of sulfone groups is 1. The molecule has 1 amide bonds. The molecule has 0 saturated heterocycles. The molecule has 0 unspecified atom stereocenters. The molecule has 6 nitrogen and oxygen atoms in total. The first-order chi connectivity index (χ1) is 15.3. The fourth-order valence-electron chi connectivity index (χ4n) is 4.25. The monoisotopic (exact) mass is 474 g/mol. The Morgan fingerprint density at radius 3 is 2.56 bits per heavy atom. The SMILES string of the molecule is O=C1CC[C@H](C=C(C(=O)Nc2ncc(F)s2)c2ccc(S(=O)(=O)C3CC3)c(C3CC3)c2)C1. The van der Waals surface area contributed by atoms with Crippen LogP contribution in [0.2, 0.25) is 0 Å². The zero-order chi connectivity index (χ0) is 22.5. The fraction of sp³-hybridized carbons (Fsp3) is 0.435. The summed E-state index contributed by atoms with van der Waals surface area (Å²) in [4.78, 5) is 29.1. The van der Waals surface area contributed by atoms with Crippen molar-refractivity contribution in [1.82, 2.24) is 4.98 Å². The average Bonchev–Trinajstić information content (AvgIpc) is 3.68. The van der Waals surface area contributed by atoms with Crippen molar-refractivity contribution in [2.45, 2.75) is 61.0 Å². The Kier molecular flexibility index (Phi) is 5.49. The molecule has 1 N–H and O–H groups in total. The van der Waals surface area contributed by atoms with Gasteiger partial charge in [0, 0.05) is 18.4 Å². The van der Waals surface area contributed by atoms with Crippen LogP contribution in [-0.4, -0.2) is 30.3 Å². The Balaban J connectivity index is 1.53. The number of halogens is 1. The zero-order valence-electron chi connectivity index (χ0n) is 17.3. The minimum Gasteiger partial charge on any atom is -0.300 e. The number of carbonyl (C=O) groups is 2. The first-order valence-electron chi connectivity index (χ1n) is 10.9. The van der Waals surface area contributed by atoms with Gasteiger partial charge in [-0.2, -0.15) is 4.39 Å². The lowest BCUT2D eigenvalue weighted by Crippen LogP contribution is -2.15. The molecule has 168 valence electrons. The molecule has 3 aliphatic rings. The molecule has 0 radical (unpaired) electrons. The number of hydrogen-bond donors (Lipinski definition) is 1. The number of rotatable bonds is 7. The number of aromatic nitrogens is 1. The Labute approximate surface area is 189 Å². The van der Waals surface area contributed by atoms with E-state index in [9.17, 15) is 22.4 Å². The average molecular weight is 475 g/mol. The van der Waals surface area contributed by atoms with Crippen LogP contribution in [0.3, 0.4) is 0 Å². The highest BCUT2D eigenvalue weighted by Gasteiger charge is 2.40. The van der Waals surface area contributed by atoms with E-state index in [-0.39, 0.29) is 28.0 Å². The molecule has 0 bridgehead atoms. The van der Waals surface area contributed by atoms with Crippen molar-refractivity contribution in [3.8, 4) is 0 Å². The minimum absolute atomic E-state index is 0.0597.